The van der Waals surface area contributed by atoms with Gasteiger partial charge in [-0.2, -0.15) is 0 Å². The zero-order chi connectivity index (χ0) is 62.0. The molecule has 0 spiro atoms. The molecule has 0 aliphatic carbocycles. The van der Waals surface area contributed by atoms with Crippen LogP contribution in [0.1, 0.15) is 438 Å². The number of carbonyl (C=O) groups is 2. The molecular formula is C80H153NO5. The van der Waals surface area contributed by atoms with E-state index in [-0.39, 0.29) is 18.5 Å². The summed E-state index contributed by atoms with van der Waals surface area (Å²) in [6.07, 6.45) is 98.0. The van der Waals surface area contributed by atoms with Gasteiger partial charge in [-0.05, 0) is 83.5 Å². The highest BCUT2D eigenvalue weighted by molar-refractivity contribution is 5.76. The molecule has 6 heteroatoms. The molecule has 0 fully saturated rings. The lowest BCUT2D eigenvalue weighted by Crippen LogP contribution is -2.45. The Hall–Kier alpha value is -1.92. The first-order valence-electron chi connectivity index (χ1n) is 39.2. The Balaban J connectivity index is 3.37. The van der Waals surface area contributed by atoms with Crippen LogP contribution in [0.25, 0.3) is 0 Å². The number of esters is 1. The molecule has 0 aliphatic rings. The van der Waals surface area contributed by atoms with Gasteiger partial charge in [0.2, 0.25) is 5.91 Å². The molecule has 0 aromatic carbocycles. The van der Waals surface area contributed by atoms with Crippen LogP contribution in [0, 0.1) is 0 Å². The highest BCUT2D eigenvalue weighted by Gasteiger charge is 2.20. The minimum atomic E-state index is -0.664. The van der Waals surface area contributed by atoms with Crippen LogP contribution in [0.3, 0.4) is 0 Å². The summed E-state index contributed by atoms with van der Waals surface area (Å²) in [4.78, 5) is 24.7. The number of hydrogen-bond donors (Lipinski definition) is 3. The number of aliphatic hydroxyl groups excluding tert-OH is 2. The maximum atomic E-state index is 12.6. The molecule has 6 nitrogen and oxygen atoms in total. The quantitative estimate of drug-likeness (QED) is 0.0320. The van der Waals surface area contributed by atoms with Gasteiger partial charge in [-0.3, -0.25) is 9.59 Å². The second kappa shape index (κ2) is 75.5. The number of carbonyl (C=O) groups excluding carboxylic acids is 2. The van der Waals surface area contributed by atoms with Crippen LogP contribution in [0.2, 0.25) is 0 Å². The Morgan fingerprint density at radius 3 is 0.895 bits per heavy atom. The summed E-state index contributed by atoms with van der Waals surface area (Å²) in [5.74, 6) is -0.0171. The number of aliphatic hydroxyl groups is 2. The van der Waals surface area contributed by atoms with E-state index in [4.69, 9.17) is 4.74 Å². The van der Waals surface area contributed by atoms with Gasteiger partial charge in [0.05, 0.1) is 25.4 Å². The number of unbranched alkanes of at least 4 members (excludes halogenated alkanes) is 57. The average molecular weight is 1210 g/mol. The van der Waals surface area contributed by atoms with Crippen molar-refractivity contribution in [1.29, 1.82) is 0 Å². The van der Waals surface area contributed by atoms with Gasteiger partial charge in [-0.15, -0.1) is 0 Å². The third-order valence-corrected chi connectivity index (χ3v) is 18.4. The SMILES string of the molecule is CCCCCCCC/C=C\CCCCCCCCCC(=O)OCCCCCCCCCCC/C=C\C/C=C\CCCCCCCCCCCCCCCCCCCC(=O)NC(CO)C(O)CCCCCCCCCCCCCCCCCCCCC. The summed E-state index contributed by atoms with van der Waals surface area (Å²) in [6.45, 7) is 4.99. The topological polar surface area (TPSA) is 95.9 Å². The third kappa shape index (κ3) is 71.2. The van der Waals surface area contributed by atoms with Gasteiger partial charge >= 0.3 is 5.97 Å². The molecule has 508 valence electrons. The molecule has 2 unspecified atom stereocenters. The van der Waals surface area contributed by atoms with Crippen LogP contribution in [0.4, 0.5) is 0 Å². The normalized spacial score (nSPS) is 12.7. The fourth-order valence-electron chi connectivity index (χ4n) is 12.4. The van der Waals surface area contributed by atoms with E-state index in [1.54, 1.807) is 0 Å². The van der Waals surface area contributed by atoms with Crippen LogP contribution in [0.5, 0.6) is 0 Å². The Morgan fingerprint density at radius 1 is 0.326 bits per heavy atom. The molecule has 1 amide bonds. The number of allylic oxidation sites excluding steroid dienone is 6. The Labute approximate surface area is 538 Å². The second-order valence-corrected chi connectivity index (χ2v) is 27.0. The summed E-state index contributed by atoms with van der Waals surface area (Å²) in [5, 5.41) is 23.4. The molecule has 0 aromatic rings. The van der Waals surface area contributed by atoms with E-state index in [9.17, 15) is 19.8 Å². The summed E-state index contributed by atoms with van der Waals surface area (Å²) in [7, 11) is 0. The summed E-state index contributed by atoms with van der Waals surface area (Å²) >= 11 is 0. The van der Waals surface area contributed by atoms with Crippen molar-refractivity contribution in [2.24, 2.45) is 0 Å². The van der Waals surface area contributed by atoms with Crippen molar-refractivity contribution >= 4 is 11.9 Å². The van der Waals surface area contributed by atoms with E-state index in [0.29, 0.717) is 25.9 Å². The predicted molar refractivity (Wildman–Crippen MR) is 379 cm³/mol. The molecule has 0 bridgehead atoms. The summed E-state index contributed by atoms with van der Waals surface area (Å²) < 4.78 is 5.50. The van der Waals surface area contributed by atoms with Gasteiger partial charge in [0.15, 0.2) is 0 Å². The molecule has 0 saturated carbocycles. The summed E-state index contributed by atoms with van der Waals surface area (Å²) in [6, 6.07) is -0.541. The Morgan fingerprint density at radius 2 is 0.581 bits per heavy atom. The standard InChI is InChI=1S/C80H153NO5/c1-3-5-7-9-11-13-15-17-19-21-37-41-44-48-52-56-60-64-68-72-78(83)77(76-82)81-79(84)73-69-65-61-57-53-49-45-42-38-35-33-31-29-27-25-23-22-24-26-28-30-32-34-36-39-43-47-51-55-59-63-67-71-75-86-80(85)74-70-66-62-58-54-50-46-40-20-18-16-14-12-10-8-6-4-2/h18,20,26,28,32,34,77-78,82-83H,3-17,19,21-25,27,29-31,33,35-76H2,1-2H3,(H,81,84)/b20-18-,28-26-,34-32-. The van der Waals surface area contributed by atoms with E-state index in [1.807, 2.05) is 0 Å². The zero-order valence-electron chi connectivity index (χ0n) is 58.3. The molecule has 0 rings (SSSR count). The minimum Gasteiger partial charge on any atom is -0.466 e. The van der Waals surface area contributed by atoms with Gasteiger partial charge in [0, 0.05) is 12.8 Å². The molecule has 0 saturated heterocycles. The third-order valence-electron chi connectivity index (χ3n) is 18.4. The van der Waals surface area contributed by atoms with Crippen molar-refractivity contribution in [2.75, 3.05) is 13.2 Å². The van der Waals surface area contributed by atoms with Gasteiger partial charge in [0.25, 0.3) is 0 Å². The molecule has 2 atom stereocenters. The fraction of sp³-hybridized carbons (Fsp3) is 0.900. The van der Waals surface area contributed by atoms with Gasteiger partial charge in [-0.25, -0.2) is 0 Å². The molecule has 0 radical (unpaired) electrons. The molecule has 0 heterocycles. The van der Waals surface area contributed by atoms with E-state index in [2.05, 4.69) is 55.6 Å². The van der Waals surface area contributed by atoms with E-state index < -0.39 is 12.1 Å². The van der Waals surface area contributed by atoms with E-state index in [0.717, 1.165) is 51.4 Å². The monoisotopic (exact) mass is 1210 g/mol. The fourth-order valence-corrected chi connectivity index (χ4v) is 12.4. The van der Waals surface area contributed by atoms with E-state index >= 15 is 0 Å². The van der Waals surface area contributed by atoms with Crippen LogP contribution in [-0.4, -0.2) is 47.4 Å². The van der Waals surface area contributed by atoms with Crippen molar-refractivity contribution in [1.82, 2.24) is 5.32 Å². The molecule has 86 heavy (non-hydrogen) atoms. The number of rotatable bonds is 74. The molecular weight excluding hydrogens is 1050 g/mol. The van der Waals surface area contributed by atoms with Crippen molar-refractivity contribution < 1.29 is 24.5 Å². The van der Waals surface area contributed by atoms with Crippen LogP contribution < -0.4 is 5.32 Å². The second-order valence-electron chi connectivity index (χ2n) is 27.0. The van der Waals surface area contributed by atoms with Gasteiger partial charge in [0.1, 0.15) is 0 Å². The lowest BCUT2D eigenvalue weighted by Gasteiger charge is -2.22. The number of hydrogen-bond acceptors (Lipinski definition) is 5. The van der Waals surface area contributed by atoms with Crippen LogP contribution in [0.15, 0.2) is 36.5 Å². The predicted octanol–water partition coefficient (Wildman–Crippen LogP) is 25.8. The molecule has 0 aromatic heterocycles. The van der Waals surface area contributed by atoms with Gasteiger partial charge in [-0.1, -0.05) is 378 Å². The highest BCUT2D eigenvalue weighted by Crippen LogP contribution is 2.19. The maximum absolute atomic E-state index is 12.6. The van der Waals surface area contributed by atoms with Crippen LogP contribution in [-0.2, 0) is 14.3 Å². The highest BCUT2D eigenvalue weighted by atomic mass is 16.5. The number of ether oxygens (including phenoxy) is 1. The largest absolute Gasteiger partial charge is 0.466 e. The number of nitrogens with one attached hydrogen (secondary N) is 1. The smallest absolute Gasteiger partial charge is 0.305 e. The zero-order valence-corrected chi connectivity index (χ0v) is 58.3. The summed E-state index contributed by atoms with van der Waals surface area (Å²) in [5.41, 5.74) is 0. The van der Waals surface area contributed by atoms with Gasteiger partial charge < -0.3 is 20.3 Å². The average Bonchev–Trinajstić information content (AvgIpc) is 3.55. The first-order valence-corrected chi connectivity index (χ1v) is 39.2. The molecule has 3 N–H and O–H groups in total. The van der Waals surface area contributed by atoms with Crippen LogP contribution >= 0.6 is 0 Å². The van der Waals surface area contributed by atoms with Crippen molar-refractivity contribution in [3.63, 3.8) is 0 Å². The molecule has 0 aliphatic heterocycles. The number of amides is 1. The first-order chi connectivity index (χ1) is 42.5. The lowest BCUT2D eigenvalue weighted by atomic mass is 10.0. The lowest BCUT2D eigenvalue weighted by molar-refractivity contribution is -0.143. The first kappa shape index (κ1) is 84.1. The van der Waals surface area contributed by atoms with Crippen molar-refractivity contribution in [2.45, 2.75) is 450 Å². The van der Waals surface area contributed by atoms with Crippen molar-refractivity contribution in [3.8, 4) is 0 Å². The Bertz CT molecular complexity index is 1390. The van der Waals surface area contributed by atoms with Crippen molar-refractivity contribution in [3.05, 3.63) is 36.5 Å². The minimum absolute atomic E-state index is 0.0116. The Kier molecular flexibility index (Phi) is 73.9. The maximum Gasteiger partial charge on any atom is 0.305 e. The van der Waals surface area contributed by atoms with E-state index in [1.165, 1.54) is 353 Å².